The van der Waals surface area contributed by atoms with Crippen LogP contribution in [0.25, 0.3) is 0 Å². The lowest BCUT2D eigenvalue weighted by Crippen LogP contribution is -1.95. The molecule has 0 aromatic heterocycles. The number of aliphatic imine (C=N–C) groups is 1. The van der Waals surface area contributed by atoms with Gasteiger partial charge in [-0.25, -0.2) is 0 Å². The van der Waals surface area contributed by atoms with Crippen LogP contribution in [-0.2, 0) is 0 Å². The summed E-state index contributed by atoms with van der Waals surface area (Å²) >= 11 is 0. The number of hydrogen-bond donors (Lipinski definition) is 1. The summed E-state index contributed by atoms with van der Waals surface area (Å²) in [5.41, 5.74) is 1.33. The highest BCUT2D eigenvalue weighted by Gasteiger charge is 2.03. The highest BCUT2D eigenvalue weighted by molar-refractivity contribution is 5.86. The van der Waals surface area contributed by atoms with E-state index in [1.165, 1.54) is 0 Å². The number of aromatic hydroxyl groups is 1. The number of rotatable bonds is 6. The zero-order chi connectivity index (χ0) is 15.1. The maximum absolute atomic E-state index is 9.84. The lowest BCUT2D eigenvalue weighted by atomic mass is 10.2. The summed E-state index contributed by atoms with van der Waals surface area (Å²) in [7, 11) is 1.58. The quantitative estimate of drug-likeness (QED) is 0.818. The van der Waals surface area contributed by atoms with Gasteiger partial charge in [0.15, 0.2) is 0 Å². The van der Waals surface area contributed by atoms with Crippen molar-refractivity contribution in [1.29, 1.82) is 0 Å². The fourth-order valence-electron chi connectivity index (χ4n) is 1.80. The summed E-state index contributed by atoms with van der Waals surface area (Å²) in [4.78, 5) is 4.40. The van der Waals surface area contributed by atoms with Gasteiger partial charge in [-0.15, -0.1) is 0 Å². The van der Waals surface area contributed by atoms with Crippen molar-refractivity contribution in [2.45, 2.75) is 13.3 Å². The Morgan fingerprint density at radius 1 is 1.19 bits per heavy atom. The molecule has 0 aliphatic heterocycles. The molecule has 0 spiro atoms. The number of para-hydroxylation sites is 2. The third-order valence-electron chi connectivity index (χ3n) is 2.90. The smallest absolute Gasteiger partial charge is 0.144 e. The molecule has 2 aromatic rings. The molecule has 1 N–H and O–H groups in total. The first-order valence-corrected chi connectivity index (χ1v) is 6.87. The molecule has 0 unspecified atom stereocenters. The molecular weight excluding hydrogens is 266 g/mol. The van der Waals surface area contributed by atoms with Crippen molar-refractivity contribution in [2.75, 3.05) is 13.7 Å². The third kappa shape index (κ3) is 3.99. The van der Waals surface area contributed by atoms with Crippen LogP contribution in [0, 0.1) is 0 Å². The van der Waals surface area contributed by atoms with Crippen LogP contribution in [0.15, 0.2) is 47.5 Å². The van der Waals surface area contributed by atoms with E-state index in [-0.39, 0.29) is 5.75 Å². The van der Waals surface area contributed by atoms with Crippen molar-refractivity contribution in [2.24, 2.45) is 4.99 Å². The molecule has 0 aliphatic carbocycles. The minimum atomic E-state index is 0.159. The molecule has 0 amide bonds. The maximum Gasteiger partial charge on any atom is 0.144 e. The molecule has 4 heteroatoms. The van der Waals surface area contributed by atoms with Gasteiger partial charge in [0.05, 0.1) is 13.7 Å². The first-order chi connectivity index (χ1) is 10.2. The Morgan fingerprint density at radius 2 is 2.00 bits per heavy atom. The number of phenolic OH excluding ortho intramolecular Hbond substituents is 1. The van der Waals surface area contributed by atoms with Crippen LogP contribution < -0.4 is 9.47 Å². The van der Waals surface area contributed by atoms with Gasteiger partial charge in [0.1, 0.15) is 22.9 Å². The van der Waals surface area contributed by atoms with Crippen molar-refractivity contribution >= 4 is 11.9 Å². The number of methoxy groups -OCH3 is 1. The van der Waals surface area contributed by atoms with Gasteiger partial charge in [0, 0.05) is 11.8 Å². The fourth-order valence-corrected chi connectivity index (χ4v) is 1.80. The number of benzene rings is 2. The monoisotopic (exact) mass is 285 g/mol. The molecule has 0 radical (unpaired) electrons. The molecule has 0 aliphatic rings. The predicted molar refractivity (Wildman–Crippen MR) is 84.1 cm³/mol. The molecule has 0 fully saturated rings. The summed E-state index contributed by atoms with van der Waals surface area (Å²) in [6.07, 6.45) is 2.54. The van der Waals surface area contributed by atoms with Crippen LogP contribution in [0.4, 0.5) is 5.69 Å². The molecule has 0 heterocycles. The first-order valence-electron chi connectivity index (χ1n) is 6.87. The van der Waals surface area contributed by atoms with E-state index in [1.54, 1.807) is 31.5 Å². The average Bonchev–Trinajstić information content (AvgIpc) is 2.53. The minimum absolute atomic E-state index is 0.159. The van der Waals surface area contributed by atoms with Gasteiger partial charge >= 0.3 is 0 Å². The summed E-state index contributed by atoms with van der Waals surface area (Å²) in [5.74, 6) is 1.56. The predicted octanol–water partition coefficient (Wildman–Crippen LogP) is 3.94. The lowest BCUT2D eigenvalue weighted by molar-refractivity contribution is 0.318. The van der Waals surface area contributed by atoms with E-state index in [4.69, 9.17) is 9.47 Å². The molecule has 0 atom stereocenters. The van der Waals surface area contributed by atoms with E-state index >= 15 is 0 Å². The molecule has 4 nitrogen and oxygen atoms in total. The Morgan fingerprint density at radius 3 is 2.76 bits per heavy atom. The minimum Gasteiger partial charge on any atom is -0.507 e. The van der Waals surface area contributed by atoms with Crippen molar-refractivity contribution in [3.05, 3.63) is 48.0 Å². The summed E-state index contributed by atoms with van der Waals surface area (Å²) in [6.45, 7) is 2.71. The SMILES string of the molecule is CCCOc1ccccc1N=Cc1cc(OC)ccc1O. The Balaban J connectivity index is 2.25. The second kappa shape index (κ2) is 7.33. The number of phenols is 1. The van der Waals surface area contributed by atoms with Crippen molar-refractivity contribution < 1.29 is 14.6 Å². The molecule has 2 aromatic carbocycles. The Kier molecular flexibility index (Phi) is 5.21. The zero-order valence-corrected chi connectivity index (χ0v) is 12.2. The van der Waals surface area contributed by atoms with Crippen molar-refractivity contribution in [3.63, 3.8) is 0 Å². The highest BCUT2D eigenvalue weighted by atomic mass is 16.5. The van der Waals surface area contributed by atoms with Crippen LogP contribution in [0.1, 0.15) is 18.9 Å². The Bertz CT molecular complexity index is 623. The Hall–Kier alpha value is -2.49. The van der Waals surface area contributed by atoms with Crippen LogP contribution in [0.3, 0.4) is 0 Å². The van der Waals surface area contributed by atoms with E-state index in [1.807, 2.05) is 24.3 Å². The molecule has 0 saturated heterocycles. The zero-order valence-electron chi connectivity index (χ0n) is 12.2. The van der Waals surface area contributed by atoms with Crippen LogP contribution in [0.2, 0.25) is 0 Å². The Labute approximate surface area is 124 Å². The number of hydrogen-bond acceptors (Lipinski definition) is 4. The standard InChI is InChI=1S/C17H19NO3/c1-3-10-21-17-7-5-4-6-15(17)18-12-13-11-14(20-2)8-9-16(13)19/h4-9,11-12,19H,3,10H2,1-2H3. The van der Waals surface area contributed by atoms with Gasteiger partial charge in [-0.05, 0) is 36.8 Å². The van der Waals surface area contributed by atoms with E-state index in [0.717, 1.165) is 17.9 Å². The van der Waals surface area contributed by atoms with E-state index in [2.05, 4.69) is 11.9 Å². The van der Waals surface area contributed by atoms with Gasteiger partial charge in [-0.2, -0.15) is 0 Å². The van der Waals surface area contributed by atoms with Gasteiger partial charge < -0.3 is 14.6 Å². The van der Waals surface area contributed by atoms with E-state index < -0.39 is 0 Å². The summed E-state index contributed by atoms with van der Waals surface area (Å²) < 4.78 is 10.8. The average molecular weight is 285 g/mol. The molecule has 2 rings (SSSR count). The normalized spacial score (nSPS) is 10.8. The van der Waals surface area contributed by atoms with Gasteiger partial charge in [0.25, 0.3) is 0 Å². The second-order valence-electron chi connectivity index (χ2n) is 4.50. The van der Waals surface area contributed by atoms with E-state index in [9.17, 15) is 5.11 Å². The molecule has 0 bridgehead atoms. The maximum atomic E-state index is 9.84. The molecule has 110 valence electrons. The van der Waals surface area contributed by atoms with Gasteiger partial charge in [0.2, 0.25) is 0 Å². The van der Waals surface area contributed by atoms with Gasteiger partial charge in [-0.1, -0.05) is 19.1 Å². The fraction of sp³-hybridized carbons (Fsp3) is 0.235. The molecule has 21 heavy (non-hydrogen) atoms. The topological polar surface area (TPSA) is 51.0 Å². The summed E-state index contributed by atoms with van der Waals surface area (Å²) in [6, 6.07) is 12.6. The van der Waals surface area contributed by atoms with Crippen LogP contribution in [-0.4, -0.2) is 25.0 Å². The number of ether oxygens (including phenoxy) is 2. The van der Waals surface area contributed by atoms with Crippen LogP contribution >= 0.6 is 0 Å². The summed E-state index contributed by atoms with van der Waals surface area (Å²) in [5, 5.41) is 9.84. The van der Waals surface area contributed by atoms with Crippen LogP contribution in [0.5, 0.6) is 17.2 Å². The van der Waals surface area contributed by atoms with Gasteiger partial charge in [-0.3, -0.25) is 4.99 Å². The first kappa shape index (κ1) is 14.9. The number of nitrogens with zero attached hydrogens (tertiary/aromatic N) is 1. The van der Waals surface area contributed by atoms with Crippen molar-refractivity contribution in [1.82, 2.24) is 0 Å². The molecular formula is C17H19NO3. The van der Waals surface area contributed by atoms with E-state index in [0.29, 0.717) is 17.9 Å². The molecule has 0 saturated carbocycles. The van der Waals surface area contributed by atoms with Crippen molar-refractivity contribution in [3.8, 4) is 17.2 Å². The lowest BCUT2D eigenvalue weighted by Gasteiger charge is -2.07. The second-order valence-corrected chi connectivity index (χ2v) is 4.50. The highest BCUT2D eigenvalue weighted by Crippen LogP contribution is 2.28. The largest absolute Gasteiger partial charge is 0.507 e. The third-order valence-corrected chi connectivity index (χ3v) is 2.90.